The van der Waals surface area contributed by atoms with E-state index in [4.69, 9.17) is 5.26 Å². The largest absolute Gasteiger partial charge is 0.353 e. The predicted molar refractivity (Wildman–Crippen MR) is 72.3 cm³/mol. The maximum Gasteiger partial charge on any atom is 0.244 e. The van der Waals surface area contributed by atoms with Crippen LogP contribution in [0.5, 0.6) is 0 Å². The number of benzene rings is 1. The number of aryl methyl sites for hydroxylation is 1. The minimum Gasteiger partial charge on any atom is -0.353 e. The molecular formula is C13H15N3O3S. The van der Waals surface area contributed by atoms with Gasteiger partial charge in [-0.05, 0) is 31.5 Å². The SMILES string of the molecule is Cc1ccc(C#N)cc1S(=O)(=O)N1CCNC(=O)C1C. The number of rotatable bonds is 2. The van der Waals surface area contributed by atoms with Crippen molar-refractivity contribution in [1.82, 2.24) is 9.62 Å². The molecule has 0 bridgehead atoms. The standard InChI is InChI=1S/C13H15N3O3S/c1-9-3-4-11(8-14)7-12(9)20(18,19)16-6-5-15-13(17)10(16)2/h3-4,7,10H,5-6H2,1-2H3,(H,15,17). The number of sulfonamides is 1. The number of hydrogen-bond donors (Lipinski definition) is 1. The third-order valence-corrected chi connectivity index (χ3v) is 5.46. The molecule has 106 valence electrons. The number of carbonyl (C=O) groups excluding carboxylic acids is 1. The van der Waals surface area contributed by atoms with Crippen LogP contribution in [0.15, 0.2) is 23.1 Å². The fourth-order valence-corrected chi connectivity index (χ4v) is 4.01. The lowest BCUT2D eigenvalue weighted by atomic mass is 10.2. The summed E-state index contributed by atoms with van der Waals surface area (Å²) in [5, 5.41) is 11.5. The van der Waals surface area contributed by atoms with Crippen LogP contribution in [0.4, 0.5) is 0 Å². The van der Waals surface area contributed by atoms with Gasteiger partial charge in [0.15, 0.2) is 0 Å². The van der Waals surface area contributed by atoms with Gasteiger partial charge < -0.3 is 5.32 Å². The second kappa shape index (κ2) is 5.23. The zero-order valence-electron chi connectivity index (χ0n) is 11.3. The summed E-state index contributed by atoms with van der Waals surface area (Å²) in [6.45, 7) is 3.74. The van der Waals surface area contributed by atoms with E-state index < -0.39 is 16.1 Å². The number of nitrogens with one attached hydrogen (secondary N) is 1. The van der Waals surface area contributed by atoms with E-state index in [0.717, 1.165) is 0 Å². The molecule has 1 aliphatic heterocycles. The minimum atomic E-state index is -3.79. The normalized spacial score (nSPS) is 20.2. The maximum atomic E-state index is 12.7. The highest BCUT2D eigenvalue weighted by Crippen LogP contribution is 2.23. The summed E-state index contributed by atoms with van der Waals surface area (Å²) in [4.78, 5) is 11.7. The quantitative estimate of drug-likeness (QED) is 0.853. The fraction of sp³-hybridized carbons (Fsp3) is 0.385. The molecule has 1 fully saturated rings. The van der Waals surface area contributed by atoms with Crippen molar-refractivity contribution in [2.24, 2.45) is 0 Å². The van der Waals surface area contributed by atoms with Crippen LogP contribution in [0, 0.1) is 18.3 Å². The van der Waals surface area contributed by atoms with Crippen molar-refractivity contribution in [2.75, 3.05) is 13.1 Å². The van der Waals surface area contributed by atoms with E-state index in [9.17, 15) is 13.2 Å². The highest BCUT2D eigenvalue weighted by molar-refractivity contribution is 7.89. The van der Waals surface area contributed by atoms with Crippen LogP contribution >= 0.6 is 0 Å². The Hall–Kier alpha value is -1.91. The van der Waals surface area contributed by atoms with Crippen LogP contribution in [0.2, 0.25) is 0 Å². The number of piperazine rings is 1. The molecule has 1 aromatic carbocycles. The molecule has 7 heteroatoms. The second-order valence-corrected chi connectivity index (χ2v) is 6.53. The first kappa shape index (κ1) is 14.5. The molecule has 20 heavy (non-hydrogen) atoms. The Balaban J connectivity index is 2.50. The smallest absolute Gasteiger partial charge is 0.244 e. The van der Waals surface area contributed by atoms with Gasteiger partial charge in [-0.2, -0.15) is 9.57 Å². The zero-order valence-corrected chi connectivity index (χ0v) is 12.1. The highest BCUT2D eigenvalue weighted by Gasteiger charge is 2.36. The van der Waals surface area contributed by atoms with Crippen LogP contribution in [0.3, 0.4) is 0 Å². The number of hydrogen-bond acceptors (Lipinski definition) is 4. The molecule has 1 unspecified atom stereocenters. The Bertz CT molecular complexity index is 691. The van der Waals surface area contributed by atoms with E-state index in [0.29, 0.717) is 12.1 Å². The van der Waals surface area contributed by atoms with E-state index in [-0.39, 0.29) is 22.9 Å². The topological polar surface area (TPSA) is 90.3 Å². The lowest BCUT2D eigenvalue weighted by Crippen LogP contribution is -2.55. The van der Waals surface area contributed by atoms with Gasteiger partial charge in [-0.15, -0.1) is 0 Å². The highest BCUT2D eigenvalue weighted by atomic mass is 32.2. The number of amides is 1. The summed E-state index contributed by atoms with van der Waals surface area (Å²) in [5.41, 5.74) is 0.838. The van der Waals surface area contributed by atoms with Gasteiger partial charge in [0.1, 0.15) is 6.04 Å². The molecule has 0 spiro atoms. The van der Waals surface area contributed by atoms with Crippen molar-refractivity contribution >= 4 is 15.9 Å². The Labute approximate surface area is 118 Å². The molecule has 1 atom stereocenters. The lowest BCUT2D eigenvalue weighted by molar-refractivity contribution is -0.126. The van der Waals surface area contributed by atoms with E-state index in [1.165, 1.54) is 10.4 Å². The molecule has 0 aromatic heterocycles. The van der Waals surface area contributed by atoms with Gasteiger partial charge in [0.05, 0.1) is 16.5 Å². The molecule has 1 N–H and O–H groups in total. The summed E-state index contributed by atoms with van der Waals surface area (Å²) < 4.78 is 26.5. The number of nitrogens with zero attached hydrogens (tertiary/aromatic N) is 2. The van der Waals surface area contributed by atoms with Crippen LogP contribution < -0.4 is 5.32 Å². The lowest BCUT2D eigenvalue weighted by Gasteiger charge is -2.32. The predicted octanol–water partition coefficient (Wildman–Crippen LogP) is 0.376. The summed E-state index contributed by atoms with van der Waals surface area (Å²) in [7, 11) is -3.79. The van der Waals surface area contributed by atoms with E-state index in [2.05, 4.69) is 5.32 Å². The van der Waals surface area contributed by atoms with E-state index in [1.807, 2.05) is 6.07 Å². The Morgan fingerprint density at radius 3 is 2.80 bits per heavy atom. The Morgan fingerprint density at radius 1 is 1.45 bits per heavy atom. The van der Waals surface area contributed by atoms with Crippen molar-refractivity contribution in [3.05, 3.63) is 29.3 Å². The monoisotopic (exact) mass is 293 g/mol. The fourth-order valence-electron chi connectivity index (χ4n) is 2.16. The third kappa shape index (κ3) is 2.40. The third-order valence-electron chi connectivity index (χ3n) is 3.35. The van der Waals surface area contributed by atoms with Gasteiger partial charge in [0.2, 0.25) is 15.9 Å². The van der Waals surface area contributed by atoms with Crippen molar-refractivity contribution in [3.63, 3.8) is 0 Å². The van der Waals surface area contributed by atoms with Crippen LogP contribution in [0.25, 0.3) is 0 Å². The van der Waals surface area contributed by atoms with Gasteiger partial charge in [-0.25, -0.2) is 8.42 Å². The first-order chi connectivity index (χ1) is 9.37. The molecular weight excluding hydrogens is 278 g/mol. The van der Waals surface area contributed by atoms with Crippen LogP contribution in [0.1, 0.15) is 18.1 Å². The summed E-state index contributed by atoms with van der Waals surface area (Å²) >= 11 is 0. The molecule has 0 radical (unpaired) electrons. The van der Waals surface area contributed by atoms with Crippen molar-refractivity contribution in [2.45, 2.75) is 24.8 Å². The maximum absolute atomic E-state index is 12.7. The average molecular weight is 293 g/mol. The zero-order chi connectivity index (χ0) is 14.9. The van der Waals surface area contributed by atoms with E-state index in [1.54, 1.807) is 26.0 Å². The van der Waals surface area contributed by atoms with Crippen molar-refractivity contribution < 1.29 is 13.2 Å². The van der Waals surface area contributed by atoms with Gasteiger partial charge in [-0.3, -0.25) is 4.79 Å². The summed E-state index contributed by atoms with van der Waals surface area (Å²) in [6.07, 6.45) is 0. The van der Waals surface area contributed by atoms with Crippen molar-refractivity contribution in [3.8, 4) is 6.07 Å². The molecule has 2 rings (SSSR count). The molecule has 0 aliphatic carbocycles. The second-order valence-electron chi connectivity index (χ2n) is 4.67. The number of carbonyl (C=O) groups is 1. The Kier molecular flexibility index (Phi) is 3.79. The first-order valence-electron chi connectivity index (χ1n) is 6.18. The van der Waals surface area contributed by atoms with Crippen molar-refractivity contribution in [1.29, 1.82) is 5.26 Å². The molecule has 1 aliphatic rings. The first-order valence-corrected chi connectivity index (χ1v) is 7.62. The van der Waals surface area contributed by atoms with Gasteiger partial charge in [-0.1, -0.05) is 6.07 Å². The molecule has 1 aromatic rings. The molecule has 1 saturated heterocycles. The number of nitriles is 1. The molecule has 6 nitrogen and oxygen atoms in total. The Morgan fingerprint density at radius 2 is 2.15 bits per heavy atom. The van der Waals surface area contributed by atoms with Gasteiger partial charge in [0.25, 0.3) is 0 Å². The minimum absolute atomic E-state index is 0.0816. The molecule has 0 saturated carbocycles. The van der Waals surface area contributed by atoms with Crippen LogP contribution in [-0.2, 0) is 14.8 Å². The molecule has 1 amide bonds. The van der Waals surface area contributed by atoms with E-state index >= 15 is 0 Å². The van der Waals surface area contributed by atoms with Gasteiger partial charge in [0, 0.05) is 13.1 Å². The van der Waals surface area contributed by atoms with Crippen LogP contribution in [-0.4, -0.2) is 37.8 Å². The summed E-state index contributed by atoms with van der Waals surface area (Å²) in [6, 6.07) is 5.69. The summed E-state index contributed by atoms with van der Waals surface area (Å²) in [5.74, 6) is -0.311. The van der Waals surface area contributed by atoms with Gasteiger partial charge >= 0.3 is 0 Å². The molecule has 1 heterocycles. The average Bonchev–Trinajstić information content (AvgIpc) is 2.42.